The lowest BCUT2D eigenvalue weighted by Crippen LogP contribution is -2.35. The topological polar surface area (TPSA) is 128 Å². The second kappa shape index (κ2) is 9.82. The fourth-order valence-electron chi connectivity index (χ4n) is 3.01. The Kier molecular flexibility index (Phi) is 7.12. The van der Waals surface area contributed by atoms with Gasteiger partial charge in [-0.1, -0.05) is 12.1 Å². The molecule has 1 aliphatic heterocycles. The molecule has 0 spiro atoms. The smallest absolute Gasteiger partial charge is 0.318 e. The van der Waals surface area contributed by atoms with Gasteiger partial charge >= 0.3 is 5.69 Å². The summed E-state index contributed by atoms with van der Waals surface area (Å²) in [5.41, 5.74) is -0.162. The minimum absolute atomic E-state index is 0.0262. The van der Waals surface area contributed by atoms with Gasteiger partial charge in [0.05, 0.1) is 20.8 Å². The molecule has 172 valence electrons. The van der Waals surface area contributed by atoms with E-state index in [1.54, 1.807) is 35.2 Å². The summed E-state index contributed by atoms with van der Waals surface area (Å²) in [5.74, 6) is 0.0851. The van der Waals surface area contributed by atoms with Crippen molar-refractivity contribution in [2.24, 2.45) is 4.99 Å². The first-order valence-corrected chi connectivity index (χ1v) is 10.9. The Morgan fingerprint density at radius 3 is 2.24 bits per heavy atom. The molecule has 2 aromatic carbocycles. The highest BCUT2D eigenvalue weighted by Crippen LogP contribution is 2.36. The van der Waals surface area contributed by atoms with Crippen LogP contribution in [0.25, 0.3) is 6.08 Å². The highest BCUT2D eigenvalue weighted by molar-refractivity contribution is 8.18. The first-order chi connectivity index (χ1) is 15.6. The average molecular weight is 471 g/mol. The molecule has 0 N–H and O–H groups in total. The zero-order valence-electron chi connectivity index (χ0n) is 18.4. The van der Waals surface area contributed by atoms with Gasteiger partial charge in [-0.05, 0) is 69.3 Å². The van der Waals surface area contributed by atoms with Crippen LogP contribution in [0.15, 0.2) is 52.4 Å². The van der Waals surface area contributed by atoms with Gasteiger partial charge in [-0.3, -0.25) is 34.9 Å². The molecule has 1 fully saturated rings. The van der Waals surface area contributed by atoms with Gasteiger partial charge in [0.1, 0.15) is 5.75 Å². The highest BCUT2D eigenvalue weighted by Gasteiger charge is 2.35. The molecule has 0 radical (unpaired) electrons. The summed E-state index contributed by atoms with van der Waals surface area (Å²) in [7, 11) is 0. The van der Waals surface area contributed by atoms with Gasteiger partial charge in [0, 0.05) is 18.2 Å². The van der Waals surface area contributed by atoms with E-state index >= 15 is 0 Å². The van der Waals surface area contributed by atoms with Crippen LogP contribution in [0.4, 0.5) is 11.4 Å². The summed E-state index contributed by atoms with van der Waals surface area (Å²) < 4.78 is 5.58. The number of carbonyl (C=O) groups excluding carboxylic acids is 1. The fraction of sp³-hybridized carbons (Fsp3) is 0.273. The Balaban J connectivity index is 1.83. The van der Waals surface area contributed by atoms with Crippen LogP contribution in [0.2, 0.25) is 0 Å². The predicted molar refractivity (Wildman–Crippen MR) is 126 cm³/mol. The van der Waals surface area contributed by atoms with E-state index < -0.39 is 21.2 Å². The van der Waals surface area contributed by atoms with Crippen molar-refractivity contribution in [1.82, 2.24) is 4.90 Å². The molecule has 11 heteroatoms. The Morgan fingerprint density at radius 1 is 1.03 bits per heavy atom. The summed E-state index contributed by atoms with van der Waals surface area (Å²) in [6.45, 7) is 7.76. The van der Waals surface area contributed by atoms with Crippen LogP contribution >= 0.6 is 11.8 Å². The minimum Gasteiger partial charge on any atom is -0.450 e. The second-order valence-electron chi connectivity index (χ2n) is 7.72. The van der Waals surface area contributed by atoms with E-state index in [1.807, 2.05) is 27.7 Å². The summed E-state index contributed by atoms with van der Waals surface area (Å²) >= 11 is 1.32. The van der Waals surface area contributed by atoms with E-state index in [9.17, 15) is 25.0 Å². The number of ether oxygens (including phenoxy) is 1. The van der Waals surface area contributed by atoms with E-state index in [1.165, 1.54) is 17.8 Å². The third kappa shape index (κ3) is 5.55. The van der Waals surface area contributed by atoms with Crippen LogP contribution in [0.1, 0.15) is 33.3 Å². The number of nitro groups is 2. The lowest BCUT2D eigenvalue weighted by molar-refractivity contribution is -0.394. The van der Waals surface area contributed by atoms with Gasteiger partial charge in [-0.15, -0.1) is 0 Å². The van der Waals surface area contributed by atoms with Crippen LogP contribution in [0, 0.1) is 20.2 Å². The third-order valence-corrected chi connectivity index (χ3v) is 5.47. The molecule has 1 saturated heterocycles. The first kappa shape index (κ1) is 23.9. The van der Waals surface area contributed by atoms with Crippen LogP contribution in [-0.4, -0.2) is 37.9 Å². The number of benzene rings is 2. The van der Waals surface area contributed by atoms with Crippen LogP contribution in [0.3, 0.4) is 0 Å². The number of non-ortho nitro benzene ring substituents is 1. The van der Waals surface area contributed by atoms with E-state index in [4.69, 9.17) is 4.74 Å². The van der Waals surface area contributed by atoms with E-state index in [2.05, 4.69) is 4.99 Å². The number of amidine groups is 1. The van der Waals surface area contributed by atoms with Gasteiger partial charge in [0.2, 0.25) is 5.75 Å². The number of nitrogens with zero attached hydrogens (tertiary/aromatic N) is 4. The van der Waals surface area contributed by atoms with Crippen molar-refractivity contribution in [2.45, 2.75) is 39.8 Å². The van der Waals surface area contributed by atoms with Crippen molar-refractivity contribution in [2.75, 3.05) is 0 Å². The van der Waals surface area contributed by atoms with Crippen LogP contribution in [0.5, 0.6) is 11.5 Å². The van der Waals surface area contributed by atoms with Crippen molar-refractivity contribution in [3.63, 3.8) is 0 Å². The van der Waals surface area contributed by atoms with E-state index in [0.29, 0.717) is 15.8 Å². The van der Waals surface area contributed by atoms with Crippen molar-refractivity contribution in [3.05, 3.63) is 73.2 Å². The second-order valence-corrected chi connectivity index (χ2v) is 8.73. The van der Waals surface area contributed by atoms with E-state index in [0.717, 1.165) is 17.7 Å². The summed E-state index contributed by atoms with van der Waals surface area (Å²) in [5, 5.41) is 22.8. The fourth-order valence-corrected chi connectivity index (χ4v) is 4.24. The van der Waals surface area contributed by atoms with Gasteiger partial charge in [-0.2, -0.15) is 0 Å². The molecule has 0 bridgehead atoms. The van der Waals surface area contributed by atoms with Crippen LogP contribution in [-0.2, 0) is 4.79 Å². The van der Waals surface area contributed by atoms with E-state index in [-0.39, 0.29) is 23.7 Å². The van der Waals surface area contributed by atoms with Crippen molar-refractivity contribution >= 4 is 40.3 Å². The van der Waals surface area contributed by atoms with Gasteiger partial charge in [-0.25, -0.2) is 0 Å². The average Bonchev–Trinajstić information content (AvgIpc) is 3.03. The Bertz CT molecular complexity index is 1160. The summed E-state index contributed by atoms with van der Waals surface area (Å²) in [4.78, 5) is 40.3. The molecule has 1 aliphatic rings. The molecular weight excluding hydrogens is 448 g/mol. The lowest BCUT2D eigenvalue weighted by atomic mass is 10.2. The molecule has 0 unspecified atom stereocenters. The molecule has 0 atom stereocenters. The van der Waals surface area contributed by atoms with Gasteiger partial charge in [0.25, 0.3) is 11.6 Å². The normalized spacial score (nSPS) is 16.3. The number of nitro benzene ring substituents is 2. The number of rotatable bonds is 7. The monoisotopic (exact) mass is 470 g/mol. The number of hydrogen-bond donors (Lipinski definition) is 0. The van der Waals surface area contributed by atoms with Crippen LogP contribution < -0.4 is 4.74 Å². The molecule has 1 heterocycles. The molecule has 1 amide bonds. The quantitative estimate of drug-likeness (QED) is 0.302. The molecule has 0 aromatic heterocycles. The zero-order valence-corrected chi connectivity index (χ0v) is 19.2. The molecule has 0 saturated carbocycles. The number of carbonyl (C=O) groups is 1. The molecule has 33 heavy (non-hydrogen) atoms. The number of thioether (sulfide) groups is 1. The molecule has 3 rings (SSSR count). The maximum Gasteiger partial charge on any atom is 0.318 e. The van der Waals surface area contributed by atoms with Crippen molar-refractivity contribution < 1.29 is 19.4 Å². The summed E-state index contributed by atoms with van der Waals surface area (Å²) in [6, 6.07) is 9.85. The Morgan fingerprint density at radius 2 is 1.70 bits per heavy atom. The molecule has 10 nitrogen and oxygen atoms in total. The van der Waals surface area contributed by atoms with Gasteiger partial charge in [0.15, 0.2) is 5.17 Å². The Hall–Kier alpha value is -3.73. The first-order valence-electron chi connectivity index (χ1n) is 10.1. The minimum atomic E-state index is -0.735. The maximum atomic E-state index is 12.8. The standard InChI is InChI=1S/C22H22N4O6S/c1-13(2)23-22-24(14(3)4)21(27)20(33-22)11-15-5-8-17(9-6-15)32-19-10-7-16(25(28)29)12-18(19)26(30)31/h5-14H,1-4H3/b20-11+,23-22?. The Labute approximate surface area is 194 Å². The highest BCUT2D eigenvalue weighted by atomic mass is 32.2. The molecular formula is C22H22N4O6S. The maximum absolute atomic E-state index is 12.8. The molecule has 0 aliphatic carbocycles. The van der Waals surface area contributed by atoms with Gasteiger partial charge < -0.3 is 4.74 Å². The predicted octanol–water partition coefficient (Wildman–Crippen LogP) is 5.38. The largest absolute Gasteiger partial charge is 0.450 e. The number of amides is 1. The SMILES string of the molecule is CC(C)N=C1S/C(=C/c2ccc(Oc3ccc([N+](=O)[O-])cc3[N+](=O)[O-])cc2)C(=O)N1C(C)C. The number of hydrogen-bond acceptors (Lipinski definition) is 8. The summed E-state index contributed by atoms with van der Waals surface area (Å²) in [6.07, 6.45) is 1.75. The van der Waals surface area contributed by atoms with Crippen molar-refractivity contribution in [3.8, 4) is 11.5 Å². The number of aliphatic imine (C=N–C) groups is 1. The third-order valence-electron chi connectivity index (χ3n) is 4.48. The zero-order chi connectivity index (χ0) is 24.3. The lowest BCUT2D eigenvalue weighted by Gasteiger charge is -2.20. The van der Waals surface area contributed by atoms with Crippen molar-refractivity contribution in [1.29, 1.82) is 0 Å². The molecule has 2 aromatic rings.